The summed E-state index contributed by atoms with van der Waals surface area (Å²) in [4.78, 5) is 11.1. The quantitative estimate of drug-likeness (QED) is 0.708. The van der Waals surface area contributed by atoms with Gasteiger partial charge in [0.15, 0.2) is 11.5 Å². The summed E-state index contributed by atoms with van der Waals surface area (Å²) in [5.74, 6) is 0.449. The highest BCUT2D eigenvalue weighted by Crippen LogP contribution is 2.37. The first kappa shape index (κ1) is 10.7. The Morgan fingerprint density at radius 2 is 2.06 bits per heavy atom. The molecule has 2 aliphatic rings. The lowest BCUT2D eigenvalue weighted by molar-refractivity contribution is -0.760. The highest BCUT2D eigenvalue weighted by molar-refractivity contribution is 5.94. The summed E-state index contributed by atoms with van der Waals surface area (Å²) in [7, 11) is 3.63. The molecule has 16 heavy (non-hydrogen) atoms. The highest BCUT2D eigenvalue weighted by atomic mass is 16.5. The topological polar surface area (TPSA) is 52.3 Å². The monoisotopic (exact) mass is 219 g/mol. The van der Waals surface area contributed by atoms with Crippen molar-refractivity contribution in [3.63, 3.8) is 0 Å². The molecule has 2 rings (SSSR count). The first-order valence-corrected chi connectivity index (χ1v) is 5.03. The molecule has 1 unspecified atom stereocenters. The molecule has 2 N–H and O–H groups in total. The van der Waals surface area contributed by atoms with Crippen LogP contribution in [0.5, 0.6) is 0 Å². The molecule has 0 aromatic rings. The van der Waals surface area contributed by atoms with Crippen molar-refractivity contribution < 1.29 is 14.0 Å². The average Bonchev–Trinajstić information content (AvgIpc) is 2.46. The SMILES string of the molecule is COC1=C2C=CC(C(N)=O)=C[N+]2(C)C=C1C. The molecule has 0 bridgehead atoms. The van der Waals surface area contributed by atoms with Gasteiger partial charge in [0.1, 0.15) is 12.4 Å². The first-order valence-electron chi connectivity index (χ1n) is 5.03. The summed E-state index contributed by atoms with van der Waals surface area (Å²) in [6.45, 7) is 1.99. The van der Waals surface area contributed by atoms with E-state index in [0.29, 0.717) is 10.1 Å². The van der Waals surface area contributed by atoms with Crippen LogP contribution < -0.4 is 5.73 Å². The third kappa shape index (κ3) is 1.39. The van der Waals surface area contributed by atoms with Crippen molar-refractivity contribution in [2.75, 3.05) is 14.2 Å². The number of carbonyl (C=O) groups is 1. The third-order valence-electron chi connectivity index (χ3n) is 2.89. The molecule has 1 atom stereocenters. The predicted octanol–water partition coefficient (Wildman–Crippen LogP) is 1.15. The predicted molar refractivity (Wildman–Crippen MR) is 60.4 cm³/mol. The van der Waals surface area contributed by atoms with Gasteiger partial charge in [0, 0.05) is 6.08 Å². The van der Waals surface area contributed by atoms with E-state index in [9.17, 15) is 4.79 Å². The Bertz CT molecular complexity index is 483. The zero-order valence-electron chi connectivity index (χ0n) is 9.65. The van der Waals surface area contributed by atoms with Gasteiger partial charge >= 0.3 is 0 Å². The number of amides is 1. The van der Waals surface area contributed by atoms with Gasteiger partial charge in [0.05, 0.1) is 25.3 Å². The fraction of sp³-hybridized carbons (Fsp3) is 0.250. The Morgan fingerprint density at radius 3 is 2.62 bits per heavy atom. The summed E-state index contributed by atoms with van der Waals surface area (Å²) in [5.41, 5.74) is 7.88. The van der Waals surface area contributed by atoms with Crippen LogP contribution in [0.3, 0.4) is 0 Å². The zero-order chi connectivity index (χ0) is 11.9. The normalized spacial score (nSPS) is 27.4. The third-order valence-corrected chi connectivity index (χ3v) is 2.89. The van der Waals surface area contributed by atoms with Crippen LogP contribution in [0.15, 0.2) is 47.2 Å². The number of methoxy groups -OCH3 is 1. The number of primary amides is 1. The van der Waals surface area contributed by atoms with E-state index in [1.54, 1.807) is 13.2 Å². The number of ether oxygens (including phenoxy) is 1. The van der Waals surface area contributed by atoms with Crippen molar-refractivity contribution in [2.45, 2.75) is 6.92 Å². The number of likely N-dealkylation sites (N-methyl/N-ethyl adjacent to an activating group) is 1. The zero-order valence-corrected chi connectivity index (χ0v) is 9.65. The molecular weight excluding hydrogens is 204 g/mol. The molecule has 2 heterocycles. The van der Waals surface area contributed by atoms with E-state index in [0.717, 1.165) is 17.0 Å². The molecule has 0 radical (unpaired) electrons. The minimum atomic E-state index is -0.411. The molecule has 0 spiro atoms. The van der Waals surface area contributed by atoms with E-state index < -0.39 is 5.91 Å². The van der Waals surface area contributed by atoms with E-state index in [1.165, 1.54) is 0 Å². The van der Waals surface area contributed by atoms with E-state index in [-0.39, 0.29) is 0 Å². The number of carbonyl (C=O) groups excluding carboxylic acids is 1. The van der Waals surface area contributed by atoms with Crippen LogP contribution in [0.2, 0.25) is 0 Å². The molecule has 0 aliphatic carbocycles. The molecule has 84 valence electrons. The fourth-order valence-electron chi connectivity index (χ4n) is 2.21. The van der Waals surface area contributed by atoms with Crippen molar-refractivity contribution in [2.24, 2.45) is 5.73 Å². The highest BCUT2D eigenvalue weighted by Gasteiger charge is 2.37. The Hall–Kier alpha value is -1.81. The second-order valence-corrected chi connectivity index (χ2v) is 4.16. The number of hydrogen-bond acceptors (Lipinski definition) is 2. The summed E-state index contributed by atoms with van der Waals surface area (Å²) in [6.07, 6.45) is 7.46. The van der Waals surface area contributed by atoms with E-state index in [1.807, 2.05) is 32.4 Å². The van der Waals surface area contributed by atoms with Crippen molar-refractivity contribution in [1.29, 1.82) is 0 Å². The molecule has 0 saturated carbocycles. The lowest BCUT2D eigenvalue weighted by Crippen LogP contribution is -2.32. The maximum Gasteiger partial charge on any atom is 0.254 e. The van der Waals surface area contributed by atoms with Gasteiger partial charge in [-0.2, -0.15) is 0 Å². The molecule has 1 amide bonds. The van der Waals surface area contributed by atoms with Crippen molar-refractivity contribution >= 4 is 5.91 Å². The molecule has 0 aromatic carbocycles. The summed E-state index contributed by atoms with van der Waals surface area (Å²) >= 11 is 0. The van der Waals surface area contributed by atoms with Crippen molar-refractivity contribution in [3.05, 3.63) is 47.2 Å². The Kier molecular flexibility index (Phi) is 2.24. The second kappa shape index (κ2) is 3.35. The Balaban J connectivity index is 2.54. The first-order chi connectivity index (χ1) is 7.48. The summed E-state index contributed by atoms with van der Waals surface area (Å²) in [6, 6.07) is 0. The number of nitrogens with zero attached hydrogens (tertiary/aromatic N) is 1. The van der Waals surface area contributed by atoms with Crippen LogP contribution >= 0.6 is 0 Å². The molecule has 2 aliphatic heterocycles. The largest absolute Gasteiger partial charge is 0.490 e. The van der Waals surface area contributed by atoms with Gasteiger partial charge in [0.2, 0.25) is 0 Å². The van der Waals surface area contributed by atoms with Crippen LogP contribution in [-0.2, 0) is 9.53 Å². The van der Waals surface area contributed by atoms with Gasteiger partial charge < -0.3 is 10.5 Å². The molecule has 0 fully saturated rings. The Morgan fingerprint density at radius 1 is 1.38 bits per heavy atom. The molecule has 0 aromatic heterocycles. The minimum absolute atomic E-state index is 0.411. The van der Waals surface area contributed by atoms with Crippen LogP contribution in [0.1, 0.15) is 6.92 Å². The standard InChI is InChI=1S/C12H14N2O2/c1-8-6-14(2)7-9(12(13)15)4-5-10(14)11(8)16-3/h4-7H,1-3H3,(H-,13,15)/p+1. The van der Waals surface area contributed by atoms with E-state index in [2.05, 4.69) is 0 Å². The van der Waals surface area contributed by atoms with Gasteiger partial charge in [0.25, 0.3) is 5.91 Å². The van der Waals surface area contributed by atoms with Crippen LogP contribution in [0.25, 0.3) is 0 Å². The number of rotatable bonds is 2. The molecular formula is C12H15N2O2+. The van der Waals surface area contributed by atoms with Crippen LogP contribution in [0.4, 0.5) is 0 Å². The fourth-order valence-corrected chi connectivity index (χ4v) is 2.21. The summed E-state index contributed by atoms with van der Waals surface area (Å²) in [5, 5.41) is 0. The Labute approximate surface area is 94.6 Å². The second-order valence-electron chi connectivity index (χ2n) is 4.16. The van der Waals surface area contributed by atoms with Gasteiger partial charge in [-0.3, -0.25) is 4.79 Å². The smallest absolute Gasteiger partial charge is 0.254 e. The molecule has 4 nitrogen and oxygen atoms in total. The van der Waals surface area contributed by atoms with Crippen molar-refractivity contribution in [1.82, 2.24) is 0 Å². The lowest BCUT2D eigenvalue weighted by atomic mass is 10.1. The minimum Gasteiger partial charge on any atom is -0.490 e. The van der Waals surface area contributed by atoms with Gasteiger partial charge in [-0.1, -0.05) is 0 Å². The summed E-state index contributed by atoms with van der Waals surface area (Å²) < 4.78 is 5.79. The maximum atomic E-state index is 11.1. The van der Waals surface area contributed by atoms with Crippen LogP contribution in [-0.4, -0.2) is 24.5 Å². The van der Waals surface area contributed by atoms with E-state index >= 15 is 0 Å². The van der Waals surface area contributed by atoms with E-state index in [4.69, 9.17) is 10.5 Å². The van der Waals surface area contributed by atoms with Gasteiger partial charge in [-0.05, 0) is 13.0 Å². The number of allylic oxidation sites excluding steroid dienone is 2. The van der Waals surface area contributed by atoms with Crippen LogP contribution in [0, 0.1) is 0 Å². The number of hydrogen-bond donors (Lipinski definition) is 1. The van der Waals surface area contributed by atoms with Crippen molar-refractivity contribution in [3.8, 4) is 0 Å². The molecule has 0 saturated heterocycles. The molecule has 4 heteroatoms. The lowest BCUT2D eigenvalue weighted by Gasteiger charge is -2.26. The maximum absolute atomic E-state index is 11.1. The number of nitrogens with two attached hydrogens (primary N) is 1. The number of quaternary nitrogens is 1. The number of fused-ring (bicyclic) bond motifs is 1. The van der Waals surface area contributed by atoms with Gasteiger partial charge in [-0.15, -0.1) is 0 Å². The average molecular weight is 219 g/mol. The van der Waals surface area contributed by atoms with Gasteiger partial charge in [-0.25, -0.2) is 4.48 Å².